The van der Waals surface area contributed by atoms with Crippen LogP contribution in [0.2, 0.25) is 18.1 Å². The maximum absolute atomic E-state index is 11.4. The lowest BCUT2D eigenvalue weighted by Crippen LogP contribution is -2.41. The molecule has 0 spiro atoms. The molecular weight excluding hydrogens is 256 g/mol. The zero-order chi connectivity index (χ0) is 14.9. The van der Waals surface area contributed by atoms with Crippen LogP contribution in [0.25, 0.3) is 0 Å². The quantitative estimate of drug-likeness (QED) is 0.363. The van der Waals surface area contributed by atoms with Crippen molar-refractivity contribution in [2.75, 3.05) is 6.61 Å². The molecule has 0 aliphatic rings. The van der Waals surface area contributed by atoms with Crippen LogP contribution >= 0.6 is 0 Å². The van der Waals surface area contributed by atoms with Crippen LogP contribution < -0.4 is 0 Å². The summed E-state index contributed by atoms with van der Waals surface area (Å²) in [5.41, 5.74) is 0. The number of hydrogen-bond donors (Lipinski definition) is 0. The van der Waals surface area contributed by atoms with Crippen molar-refractivity contribution >= 4 is 14.3 Å². The van der Waals surface area contributed by atoms with Crippen molar-refractivity contribution in [3.05, 3.63) is 12.2 Å². The molecule has 0 rings (SSSR count). The zero-order valence-electron chi connectivity index (χ0n) is 13.4. The summed E-state index contributed by atoms with van der Waals surface area (Å²) in [5, 5.41) is 0. The standard InChI is InChI=1S/C15H30O3Si/c1-7-17-15(16)12-11-14(13(5)6)18-19(8-2,9-3)10-4/h11-14H,7-10H2,1-6H3/b12-11+/t14-/m0/s1. The van der Waals surface area contributed by atoms with E-state index in [2.05, 4.69) is 34.6 Å². The lowest BCUT2D eigenvalue weighted by atomic mass is 10.1. The van der Waals surface area contributed by atoms with Crippen molar-refractivity contribution in [1.82, 2.24) is 0 Å². The van der Waals surface area contributed by atoms with E-state index in [1.807, 2.05) is 13.0 Å². The van der Waals surface area contributed by atoms with Gasteiger partial charge in [-0.1, -0.05) is 34.6 Å². The Hall–Kier alpha value is -0.613. The molecule has 0 aliphatic carbocycles. The van der Waals surface area contributed by atoms with Crippen LogP contribution in [0, 0.1) is 5.92 Å². The minimum absolute atomic E-state index is 0.0101. The second-order valence-electron chi connectivity index (χ2n) is 5.18. The van der Waals surface area contributed by atoms with Crippen molar-refractivity contribution < 1.29 is 14.0 Å². The van der Waals surface area contributed by atoms with E-state index in [1.54, 1.807) is 0 Å². The Morgan fingerprint density at radius 2 is 1.63 bits per heavy atom. The first-order valence-electron chi connectivity index (χ1n) is 7.47. The van der Waals surface area contributed by atoms with Gasteiger partial charge in [0.15, 0.2) is 8.32 Å². The second-order valence-corrected chi connectivity index (χ2v) is 9.90. The van der Waals surface area contributed by atoms with E-state index >= 15 is 0 Å². The van der Waals surface area contributed by atoms with Crippen molar-refractivity contribution in [2.24, 2.45) is 5.92 Å². The van der Waals surface area contributed by atoms with Crippen molar-refractivity contribution in [1.29, 1.82) is 0 Å². The van der Waals surface area contributed by atoms with Gasteiger partial charge in [-0.25, -0.2) is 4.79 Å². The maximum atomic E-state index is 11.4. The van der Waals surface area contributed by atoms with Crippen molar-refractivity contribution in [3.63, 3.8) is 0 Å². The van der Waals surface area contributed by atoms with Gasteiger partial charge < -0.3 is 9.16 Å². The number of carbonyl (C=O) groups is 1. The number of rotatable bonds is 9. The Bertz CT molecular complexity index is 275. The molecule has 0 heterocycles. The summed E-state index contributed by atoms with van der Waals surface area (Å²) in [6.07, 6.45) is 3.38. The maximum Gasteiger partial charge on any atom is 0.330 e. The normalized spacial score (nSPS) is 14.1. The summed E-state index contributed by atoms with van der Waals surface area (Å²) in [6.45, 7) is 13.1. The molecule has 0 aromatic rings. The fourth-order valence-corrected chi connectivity index (χ4v) is 4.98. The summed E-state index contributed by atoms with van der Waals surface area (Å²) in [7, 11) is -1.64. The average Bonchev–Trinajstić information content (AvgIpc) is 2.40. The summed E-state index contributed by atoms with van der Waals surface area (Å²) in [4.78, 5) is 11.4. The van der Waals surface area contributed by atoms with E-state index in [4.69, 9.17) is 9.16 Å². The minimum atomic E-state index is -1.64. The number of esters is 1. The van der Waals surface area contributed by atoms with Gasteiger partial charge in [0, 0.05) is 6.08 Å². The molecule has 0 N–H and O–H groups in total. The van der Waals surface area contributed by atoms with E-state index in [1.165, 1.54) is 6.08 Å². The van der Waals surface area contributed by atoms with Gasteiger partial charge in [-0.2, -0.15) is 0 Å². The van der Waals surface area contributed by atoms with Gasteiger partial charge in [-0.05, 0) is 37.0 Å². The van der Waals surface area contributed by atoms with E-state index in [9.17, 15) is 4.79 Å². The third-order valence-electron chi connectivity index (χ3n) is 3.68. The molecule has 0 aromatic carbocycles. The van der Waals surface area contributed by atoms with Crippen LogP contribution in [0.15, 0.2) is 12.2 Å². The third kappa shape index (κ3) is 6.39. The molecule has 112 valence electrons. The second kappa shape index (κ2) is 9.32. The van der Waals surface area contributed by atoms with Crippen LogP contribution in [-0.4, -0.2) is 27.0 Å². The Morgan fingerprint density at radius 1 is 1.11 bits per heavy atom. The van der Waals surface area contributed by atoms with Crippen molar-refractivity contribution in [3.8, 4) is 0 Å². The van der Waals surface area contributed by atoms with E-state index in [-0.39, 0.29) is 12.1 Å². The van der Waals surface area contributed by atoms with Gasteiger partial charge in [0.2, 0.25) is 0 Å². The summed E-state index contributed by atoms with van der Waals surface area (Å²) >= 11 is 0. The lowest BCUT2D eigenvalue weighted by Gasteiger charge is -2.33. The van der Waals surface area contributed by atoms with Crippen molar-refractivity contribution in [2.45, 2.75) is 65.8 Å². The van der Waals surface area contributed by atoms with Gasteiger partial charge in [-0.15, -0.1) is 0 Å². The minimum Gasteiger partial charge on any atom is -0.463 e. The fourth-order valence-electron chi connectivity index (χ4n) is 2.05. The highest BCUT2D eigenvalue weighted by Gasteiger charge is 2.32. The van der Waals surface area contributed by atoms with Gasteiger partial charge in [0.05, 0.1) is 12.7 Å². The Balaban J connectivity index is 4.78. The van der Waals surface area contributed by atoms with Gasteiger partial charge >= 0.3 is 5.97 Å². The first-order valence-corrected chi connectivity index (χ1v) is 10.00. The van der Waals surface area contributed by atoms with Crippen LogP contribution in [0.5, 0.6) is 0 Å². The predicted molar refractivity (Wildman–Crippen MR) is 82.7 cm³/mol. The highest BCUT2D eigenvalue weighted by Crippen LogP contribution is 2.26. The molecule has 3 nitrogen and oxygen atoms in total. The smallest absolute Gasteiger partial charge is 0.330 e. The Kier molecular flexibility index (Phi) is 9.02. The fraction of sp³-hybridized carbons (Fsp3) is 0.800. The molecule has 0 aromatic heterocycles. The van der Waals surface area contributed by atoms with E-state index < -0.39 is 8.32 Å². The Labute approximate surface area is 119 Å². The highest BCUT2D eigenvalue weighted by atomic mass is 28.4. The third-order valence-corrected chi connectivity index (χ3v) is 8.32. The summed E-state index contributed by atoms with van der Waals surface area (Å²) in [6, 6.07) is 3.36. The van der Waals surface area contributed by atoms with Crippen LogP contribution in [0.4, 0.5) is 0 Å². The predicted octanol–water partition coefficient (Wildman–Crippen LogP) is 4.15. The largest absolute Gasteiger partial charge is 0.463 e. The topological polar surface area (TPSA) is 35.5 Å². The lowest BCUT2D eigenvalue weighted by molar-refractivity contribution is -0.137. The molecular formula is C15H30O3Si. The molecule has 0 bridgehead atoms. The SMILES string of the molecule is CCOC(=O)/C=C/[C@H](O[Si](CC)(CC)CC)C(C)C. The molecule has 0 saturated heterocycles. The van der Waals surface area contributed by atoms with Gasteiger partial charge in [0.25, 0.3) is 0 Å². The van der Waals surface area contributed by atoms with E-state index in [0.29, 0.717) is 12.5 Å². The van der Waals surface area contributed by atoms with E-state index in [0.717, 1.165) is 18.1 Å². The van der Waals surface area contributed by atoms with Gasteiger partial charge in [0.1, 0.15) is 0 Å². The molecule has 19 heavy (non-hydrogen) atoms. The molecule has 1 atom stereocenters. The zero-order valence-corrected chi connectivity index (χ0v) is 14.4. The molecule has 0 radical (unpaired) electrons. The summed E-state index contributed by atoms with van der Waals surface area (Å²) < 4.78 is 11.3. The molecule has 0 aliphatic heterocycles. The Morgan fingerprint density at radius 3 is 2.00 bits per heavy atom. The van der Waals surface area contributed by atoms with Crippen LogP contribution in [0.1, 0.15) is 41.5 Å². The van der Waals surface area contributed by atoms with Gasteiger partial charge in [-0.3, -0.25) is 0 Å². The average molecular weight is 286 g/mol. The molecule has 0 saturated carbocycles. The van der Waals surface area contributed by atoms with Crippen LogP contribution in [0.3, 0.4) is 0 Å². The molecule has 0 amide bonds. The molecule has 4 heteroatoms. The van der Waals surface area contributed by atoms with Crippen LogP contribution in [-0.2, 0) is 14.0 Å². The summed E-state index contributed by atoms with van der Waals surface area (Å²) in [5.74, 6) is 0.0794. The first kappa shape index (κ1) is 18.4. The number of carbonyl (C=O) groups excluding carboxylic acids is 1. The number of ether oxygens (including phenoxy) is 1. The number of hydrogen-bond acceptors (Lipinski definition) is 3. The monoisotopic (exact) mass is 286 g/mol. The highest BCUT2D eigenvalue weighted by molar-refractivity contribution is 6.73. The first-order chi connectivity index (χ1) is 8.94. The molecule has 0 unspecified atom stereocenters. The molecule has 0 fully saturated rings.